The average molecular weight is 684 g/mol. The van der Waals surface area contributed by atoms with Crippen molar-refractivity contribution in [2.75, 3.05) is 33.3 Å². The van der Waals surface area contributed by atoms with Crippen molar-refractivity contribution in [3.05, 3.63) is 29.3 Å². The number of hydrogen-bond donors (Lipinski definition) is 2. The zero-order valence-electron chi connectivity index (χ0n) is 31.3. The number of para-hydroxylation sites is 1. The molecule has 6 unspecified atom stereocenters. The number of amides is 2. The van der Waals surface area contributed by atoms with Crippen LogP contribution in [0.4, 0.5) is 4.79 Å². The normalized spacial score (nSPS) is 28.5. The fraction of sp³-hybridized carbons (Fsp3) is 0.757. The number of alkyl carbamates (subject to hydrolysis) is 1. The minimum atomic E-state index is -0.670. The first-order chi connectivity index (χ1) is 22.8. The number of piperidine rings is 1. The van der Waals surface area contributed by atoms with E-state index in [9.17, 15) is 14.4 Å². The summed E-state index contributed by atoms with van der Waals surface area (Å²) in [7, 11) is 0.870. The van der Waals surface area contributed by atoms with Gasteiger partial charge in [-0.1, -0.05) is 26.0 Å². The zero-order valence-corrected chi connectivity index (χ0v) is 31.3. The van der Waals surface area contributed by atoms with E-state index in [0.717, 1.165) is 37.8 Å². The Morgan fingerprint density at radius 1 is 1.06 bits per heavy atom. The molecule has 2 N–H and O–H groups in total. The highest BCUT2D eigenvalue weighted by atomic mass is 16.7. The summed E-state index contributed by atoms with van der Waals surface area (Å²) in [5, 5.41) is 6.16. The van der Waals surface area contributed by atoms with Crippen LogP contribution in [-0.2, 0) is 30.0 Å². The summed E-state index contributed by atoms with van der Waals surface area (Å²) in [5.74, 6) is 0.448. The van der Waals surface area contributed by atoms with Crippen molar-refractivity contribution in [2.24, 2.45) is 23.2 Å². The lowest BCUT2D eigenvalue weighted by molar-refractivity contribution is -0.199. The molecule has 5 fully saturated rings. The van der Waals surface area contributed by atoms with Crippen LogP contribution in [0.15, 0.2) is 18.2 Å². The number of hydrogen-bond acceptors (Lipinski definition) is 9. The van der Waals surface area contributed by atoms with Crippen LogP contribution in [-0.4, -0.2) is 92.1 Å². The lowest BCUT2D eigenvalue weighted by Gasteiger charge is -2.64. The van der Waals surface area contributed by atoms with Crippen molar-refractivity contribution in [3.8, 4) is 5.75 Å². The van der Waals surface area contributed by atoms with E-state index >= 15 is 0 Å². The summed E-state index contributed by atoms with van der Waals surface area (Å²) in [6.07, 6.45) is 3.80. The van der Waals surface area contributed by atoms with Crippen molar-refractivity contribution in [3.63, 3.8) is 0 Å². The first-order valence-electron chi connectivity index (χ1n) is 18.0. The predicted molar refractivity (Wildman–Crippen MR) is 187 cm³/mol. The Kier molecular flexibility index (Phi) is 10.7. The number of nitrogens with zero attached hydrogens (tertiary/aromatic N) is 1. The average Bonchev–Trinajstić information content (AvgIpc) is 3.35. The second-order valence-corrected chi connectivity index (χ2v) is 17.3. The molecule has 12 heteroatoms. The maximum Gasteiger partial charge on any atom is 0.482 e. The van der Waals surface area contributed by atoms with E-state index in [0.29, 0.717) is 42.7 Å². The largest absolute Gasteiger partial charge is 0.496 e. The van der Waals surface area contributed by atoms with Gasteiger partial charge in [0, 0.05) is 13.1 Å². The summed E-state index contributed by atoms with van der Waals surface area (Å²) in [5.41, 5.74) is -0.419. The summed E-state index contributed by atoms with van der Waals surface area (Å²) in [6, 6.07) is 5.41. The monoisotopic (exact) mass is 683 g/mol. The lowest BCUT2D eigenvalue weighted by Crippen LogP contribution is -2.65. The highest BCUT2D eigenvalue weighted by molar-refractivity contribution is 6.48. The van der Waals surface area contributed by atoms with Crippen molar-refractivity contribution >= 4 is 25.1 Å². The van der Waals surface area contributed by atoms with Gasteiger partial charge in [0.25, 0.3) is 0 Å². The van der Waals surface area contributed by atoms with E-state index in [-0.39, 0.29) is 29.9 Å². The molecule has 272 valence electrons. The third kappa shape index (κ3) is 8.56. The van der Waals surface area contributed by atoms with Gasteiger partial charge >= 0.3 is 19.2 Å². The van der Waals surface area contributed by atoms with E-state index in [2.05, 4.69) is 36.3 Å². The molecule has 2 amide bonds. The maximum absolute atomic E-state index is 13.8. The molecule has 0 radical (unpaired) electrons. The van der Waals surface area contributed by atoms with Gasteiger partial charge in [-0.05, 0) is 122 Å². The van der Waals surface area contributed by atoms with Crippen LogP contribution in [0.1, 0.15) is 104 Å². The minimum Gasteiger partial charge on any atom is -0.496 e. The highest BCUT2D eigenvalue weighted by Gasteiger charge is 2.68. The topological polar surface area (TPSA) is 125 Å². The molecule has 0 spiro atoms. The Morgan fingerprint density at radius 3 is 2.43 bits per heavy atom. The van der Waals surface area contributed by atoms with Gasteiger partial charge in [0.05, 0.1) is 31.3 Å². The van der Waals surface area contributed by atoms with Crippen molar-refractivity contribution in [1.82, 2.24) is 15.5 Å². The molecule has 1 aromatic rings. The Hall–Kier alpha value is -2.83. The third-order valence-electron chi connectivity index (χ3n) is 10.9. The Balaban J connectivity index is 1.31. The van der Waals surface area contributed by atoms with Gasteiger partial charge in [-0.15, -0.1) is 0 Å². The number of ether oxygens (including phenoxy) is 3. The molecule has 49 heavy (non-hydrogen) atoms. The molecule has 3 aliphatic carbocycles. The SMILES string of the molecule is COc1c(CC(NC(=O)CN2CCCC(CNC(=O)OC(C)(C)C)C2)B2OC3CC4CC(C4(C)C)C3(C)O2)cccc1C(=O)OC(C)(C)C. The van der Waals surface area contributed by atoms with E-state index in [1.807, 2.05) is 53.7 Å². The van der Waals surface area contributed by atoms with Gasteiger partial charge in [0.15, 0.2) is 0 Å². The minimum absolute atomic E-state index is 0.0519. The van der Waals surface area contributed by atoms with Crippen molar-refractivity contribution in [2.45, 2.75) is 123 Å². The molecular weight excluding hydrogens is 625 g/mol. The number of rotatable bonds is 10. The summed E-state index contributed by atoms with van der Waals surface area (Å²) >= 11 is 0. The van der Waals surface area contributed by atoms with E-state index in [1.165, 1.54) is 7.11 Å². The van der Waals surface area contributed by atoms with Crippen LogP contribution in [0, 0.1) is 23.2 Å². The molecule has 6 atom stereocenters. The van der Waals surface area contributed by atoms with Gasteiger partial charge in [-0.25, -0.2) is 9.59 Å². The molecule has 3 saturated carbocycles. The fourth-order valence-corrected chi connectivity index (χ4v) is 8.46. The quantitative estimate of drug-likeness (QED) is 0.254. The second-order valence-electron chi connectivity index (χ2n) is 17.3. The first-order valence-corrected chi connectivity index (χ1v) is 18.0. The molecule has 5 aliphatic rings. The molecule has 2 aliphatic heterocycles. The molecule has 2 saturated heterocycles. The maximum atomic E-state index is 13.8. The summed E-state index contributed by atoms with van der Waals surface area (Å²) < 4.78 is 30.4. The number of carbonyl (C=O) groups is 3. The standard InChI is InChI=1S/C37H58BN3O8/c1-34(2,3)46-32(43)26-15-11-14-24(31(26)45-10)17-29(38-48-28-19-25-18-27(36(25,7)8)37(28,9)49-38)40-30(42)22-41-16-12-13-23(21-41)20-39-33(44)47-35(4,5)6/h11,14-15,23,25,27-29H,12-13,16-22H2,1-10H3,(H,39,44)(H,40,42). The van der Waals surface area contributed by atoms with Gasteiger partial charge in [-0.3, -0.25) is 9.69 Å². The van der Waals surface area contributed by atoms with Crippen molar-refractivity contribution in [1.29, 1.82) is 0 Å². The molecule has 6 rings (SSSR count). The number of carbonyl (C=O) groups excluding carboxylic acids is 3. The number of methoxy groups -OCH3 is 1. The van der Waals surface area contributed by atoms with Crippen LogP contribution >= 0.6 is 0 Å². The van der Waals surface area contributed by atoms with E-state index < -0.39 is 41.9 Å². The molecular formula is C37H58BN3O8. The number of benzene rings is 1. The first kappa shape index (κ1) is 37.4. The Bertz CT molecular complexity index is 1390. The van der Waals surface area contributed by atoms with Gasteiger partial charge in [0.1, 0.15) is 22.5 Å². The van der Waals surface area contributed by atoms with E-state index in [1.54, 1.807) is 6.07 Å². The number of nitrogens with one attached hydrogen (secondary N) is 2. The fourth-order valence-electron chi connectivity index (χ4n) is 8.46. The van der Waals surface area contributed by atoms with Crippen LogP contribution < -0.4 is 15.4 Å². The predicted octanol–water partition coefficient (Wildman–Crippen LogP) is 5.18. The molecule has 0 aromatic heterocycles. The zero-order chi connectivity index (χ0) is 35.9. The Morgan fingerprint density at radius 2 is 1.78 bits per heavy atom. The lowest BCUT2D eigenvalue weighted by atomic mass is 9.43. The Labute approximate surface area is 293 Å². The molecule has 1 aromatic carbocycles. The smallest absolute Gasteiger partial charge is 0.482 e. The van der Waals surface area contributed by atoms with Crippen LogP contribution in [0.3, 0.4) is 0 Å². The summed E-state index contributed by atoms with van der Waals surface area (Å²) in [4.78, 5) is 41.3. The number of esters is 1. The third-order valence-corrected chi connectivity index (χ3v) is 10.9. The van der Waals surface area contributed by atoms with Crippen LogP contribution in [0.2, 0.25) is 0 Å². The molecule has 2 bridgehead atoms. The molecule has 2 heterocycles. The second kappa shape index (κ2) is 14.1. The summed E-state index contributed by atoms with van der Waals surface area (Å²) in [6.45, 7) is 20.0. The highest BCUT2D eigenvalue weighted by Crippen LogP contribution is 2.65. The van der Waals surface area contributed by atoms with E-state index in [4.69, 9.17) is 23.5 Å². The number of likely N-dealkylation sites (tertiary alicyclic amines) is 1. The van der Waals surface area contributed by atoms with Crippen molar-refractivity contribution < 1.29 is 37.9 Å². The van der Waals surface area contributed by atoms with Crippen LogP contribution in [0.5, 0.6) is 5.75 Å². The van der Waals surface area contributed by atoms with Gasteiger partial charge < -0.3 is 34.2 Å². The van der Waals surface area contributed by atoms with Gasteiger partial charge in [0.2, 0.25) is 5.91 Å². The molecule has 11 nitrogen and oxygen atoms in total. The van der Waals surface area contributed by atoms with Crippen LogP contribution in [0.25, 0.3) is 0 Å². The van der Waals surface area contributed by atoms with Gasteiger partial charge in [-0.2, -0.15) is 0 Å².